The maximum atomic E-state index is 12.2. The van der Waals surface area contributed by atoms with Crippen LogP contribution in [0.25, 0.3) is 0 Å². The van der Waals surface area contributed by atoms with E-state index in [0.717, 1.165) is 50.5 Å². The van der Waals surface area contributed by atoms with Crippen molar-refractivity contribution in [3.8, 4) is 0 Å². The first-order valence-corrected chi connectivity index (χ1v) is 9.90. The van der Waals surface area contributed by atoms with Gasteiger partial charge in [0.25, 0.3) is 0 Å². The van der Waals surface area contributed by atoms with Crippen LogP contribution >= 0.6 is 0 Å². The highest BCUT2D eigenvalue weighted by Gasteiger charge is 2.23. The predicted octanol–water partition coefficient (Wildman–Crippen LogP) is 2.14. The molecule has 0 bridgehead atoms. The van der Waals surface area contributed by atoms with E-state index in [-0.39, 0.29) is 11.8 Å². The van der Waals surface area contributed by atoms with Gasteiger partial charge in [0.15, 0.2) is 0 Å². The van der Waals surface area contributed by atoms with Gasteiger partial charge in [0.05, 0.1) is 24.5 Å². The van der Waals surface area contributed by atoms with E-state index >= 15 is 0 Å². The normalized spacial score (nSPS) is 17.7. The van der Waals surface area contributed by atoms with Crippen LogP contribution in [0.2, 0.25) is 0 Å². The van der Waals surface area contributed by atoms with E-state index in [1.165, 1.54) is 24.1 Å². The first-order valence-electron chi connectivity index (χ1n) is 9.90. The predicted molar refractivity (Wildman–Crippen MR) is 104 cm³/mol. The van der Waals surface area contributed by atoms with E-state index in [1.807, 2.05) is 19.3 Å². The molecule has 1 aliphatic heterocycles. The summed E-state index contributed by atoms with van der Waals surface area (Å²) in [5, 5.41) is 10.9. The van der Waals surface area contributed by atoms with Gasteiger partial charge in [-0.15, -0.1) is 0 Å². The van der Waals surface area contributed by atoms with Crippen LogP contribution in [0.15, 0.2) is 24.4 Å². The van der Waals surface area contributed by atoms with Gasteiger partial charge >= 0.3 is 0 Å². The van der Waals surface area contributed by atoms with Crippen molar-refractivity contribution in [1.29, 1.82) is 0 Å². The molecule has 7 heteroatoms. The van der Waals surface area contributed by atoms with E-state index in [1.54, 1.807) is 0 Å². The molecule has 1 aliphatic carbocycles. The fourth-order valence-electron chi connectivity index (χ4n) is 4.14. The quantitative estimate of drug-likeness (QED) is 0.817. The first kappa shape index (κ1) is 18.0. The van der Waals surface area contributed by atoms with Crippen molar-refractivity contribution in [2.24, 2.45) is 5.92 Å². The van der Waals surface area contributed by atoms with Crippen LogP contribution in [0, 0.1) is 5.92 Å². The first-order chi connectivity index (χ1) is 13.2. The standard InChI is InChI=1S/C20H28N6O/c1-21-19-16(7-4-8-22-19)13-25-9-10-26-18(14-25)11-17(24-26)12-23-20(27)15-5-2-3-6-15/h4,7-8,11,15H,2-3,5-6,9-10,12-14H2,1H3,(H,21,22)(H,23,27). The molecule has 0 saturated heterocycles. The highest BCUT2D eigenvalue weighted by atomic mass is 16.1. The van der Waals surface area contributed by atoms with E-state index in [2.05, 4.69) is 42.4 Å². The molecule has 1 fully saturated rings. The van der Waals surface area contributed by atoms with Crippen molar-refractivity contribution in [3.05, 3.63) is 41.3 Å². The Morgan fingerprint density at radius 1 is 1.30 bits per heavy atom. The Labute approximate surface area is 160 Å². The van der Waals surface area contributed by atoms with Gasteiger partial charge in [-0.3, -0.25) is 14.4 Å². The summed E-state index contributed by atoms with van der Waals surface area (Å²) in [6.07, 6.45) is 6.23. The number of nitrogens with one attached hydrogen (secondary N) is 2. The lowest BCUT2D eigenvalue weighted by atomic mass is 10.1. The van der Waals surface area contributed by atoms with Gasteiger partial charge in [-0.2, -0.15) is 5.10 Å². The molecule has 0 atom stereocenters. The molecule has 1 amide bonds. The van der Waals surface area contributed by atoms with E-state index in [0.29, 0.717) is 6.54 Å². The third kappa shape index (κ3) is 4.13. The Kier molecular flexibility index (Phi) is 5.38. The minimum atomic E-state index is 0.191. The Morgan fingerprint density at radius 3 is 2.96 bits per heavy atom. The molecule has 4 rings (SSSR count). The number of hydrogen-bond donors (Lipinski definition) is 2. The highest BCUT2D eigenvalue weighted by Crippen LogP contribution is 2.25. The molecule has 144 valence electrons. The second-order valence-corrected chi connectivity index (χ2v) is 7.52. The Morgan fingerprint density at radius 2 is 2.15 bits per heavy atom. The molecule has 2 aromatic heterocycles. The van der Waals surface area contributed by atoms with Crippen molar-refractivity contribution in [2.45, 2.75) is 51.9 Å². The Balaban J connectivity index is 1.35. The number of anilines is 1. The summed E-state index contributed by atoms with van der Waals surface area (Å²) in [7, 11) is 1.91. The number of rotatable bonds is 6. The molecule has 3 heterocycles. The van der Waals surface area contributed by atoms with E-state index in [4.69, 9.17) is 0 Å². The second-order valence-electron chi connectivity index (χ2n) is 7.52. The smallest absolute Gasteiger partial charge is 0.223 e. The summed E-state index contributed by atoms with van der Waals surface area (Å²) in [6.45, 7) is 4.09. The molecule has 27 heavy (non-hydrogen) atoms. The lowest BCUT2D eigenvalue weighted by Gasteiger charge is -2.27. The zero-order valence-electron chi connectivity index (χ0n) is 15.9. The number of fused-ring (bicyclic) bond motifs is 1. The molecule has 0 aromatic carbocycles. The molecule has 0 radical (unpaired) electrons. The zero-order chi connectivity index (χ0) is 18.6. The maximum Gasteiger partial charge on any atom is 0.223 e. The van der Waals surface area contributed by atoms with Crippen molar-refractivity contribution in [3.63, 3.8) is 0 Å². The van der Waals surface area contributed by atoms with Crippen LogP contribution in [-0.4, -0.2) is 39.2 Å². The van der Waals surface area contributed by atoms with Crippen LogP contribution < -0.4 is 10.6 Å². The molecule has 2 N–H and O–H groups in total. The number of hydrogen-bond acceptors (Lipinski definition) is 5. The molecular formula is C20H28N6O. The van der Waals surface area contributed by atoms with Crippen molar-refractivity contribution in [1.82, 2.24) is 25.0 Å². The minimum absolute atomic E-state index is 0.191. The molecular weight excluding hydrogens is 340 g/mol. The van der Waals surface area contributed by atoms with Crippen LogP contribution in [0.5, 0.6) is 0 Å². The molecule has 2 aliphatic rings. The summed E-state index contributed by atoms with van der Waals surface area (Å²) in [6, 6.07) is 6.23. The molecule has 0 spiro atoms. The topological polar surface area (TPSA) is 75.1 Å². The van der Waals surface area contributed by atoms with Gasteiger partial charge in [0, 0.05) is 44.4 Å². The van der Waals surface area contributed by atoms with E-state index in [9.17, 15) is 4.79 Å². The molecule has 0 unspecified atom stereocenters. The largest absolute Gasteiger partial charge is 0.373 e. The molecule has 7 nitrogen and oxygen atoms in total. The SMILES string of the molecule is CNc1ncccc1CN1CCn2nc(CNC(=O)C3CCCC3)cc2C1. The number of carbonyl (C=O) groups is 1. The number of amides is 1. The van der Waals surface area contributed by atoms with Crippen molar-refractivity contribution >= 4 is 11.7 Å². The van der Waals surface area contributed by atoms with Gasteiger partial charge in [-0.05, 0) is 25.0 Å². The monoisotopic (exact) mass is 368 g/mol. The zero-order valence-corrected chi connectivity index (χ0v) is 15.9. The van der Waals surface area contributed by atoms with Crippen LogP contribution in [0.1, 0.15) is 42.6 Å². The highest BCUT2D eigenvalue weighted by molar-refractivity contribution is 5.78. The van der Waals surface area contributed by atoms with Crippen LogP contribution in [-0.2, 0) is 31.0 Å². The summed E-state index contributed by atoms with van der Waals surface area (Å²) in [5.74, 6) is 1.33. The maximum absolute atomic E-state index is 12.2. The number of nitrogens with zero attached hydrogens (tertiary/aromatic N) is 4. The van der Waals surface area contributed by atoms with Crippen LogP contribution in [0.4, 0.5) is 5.82 Å². The lowest BCUT2D eigenvalue weighted by Crippen LogP contribution is -2.33. The fourth-order valence-corrected chi connectivity index (χ4v) is 4.14. The second kappa shape index (κ2) is 8.08. The average Bonchev–Trinajstić information content (AvgIpc) is 3.36. The Bertz CT molecular complexity index is 796. The summed E-state index contributed by atoms with van der Waals surface area (Å²) in [4.78, 5) is 19.0. The third-order valence-corrected chi connectivity index (χ3v) is 5.62. The van der Waals surface area contributed by atoms with Gasteiger partial charge in [0.2, 0.25) is 5.91 Å². The Hall–Kier alpha value is -2.41. The van der Waals surface area contributed by atoms with Gasteiger partial charge in [0.1, 0.15) is 5.82 Å². The third-order valence-electron chi connectivity index (χ3n) is 5.62. The summed E-state index contributed by atoms with van der Waals surface area (Å²) in [5.41, 5.74) is 3.37. The fraction of sp³-hybridized carbons (Fsp3) is 0.550. The number of pyridine rings is 1. The number of aromatic nitrogens is 3. The summed E-state index contributed by atoms with van der Waals surface area (Å²) < 4.78 is 2.08. The summed E-state index contributed by atoms with van der Waals surface area (Å²) >= 11 is 0. The van der Waals surface area contributed by atoms with Gasteiger partial charge < -0.3 is 10.6 Å². The molecule has 1 saturated carbocycles. The van der Waals surface area contributed by atoms with Gasteiger partial charge in [-0.25, -0.2) is 4.98 Å². The molecule has 2 aromatic rings. The average molecular weight is 368 g/mol. The van der Waals surface area contributed by atoms with Gasteiger partial charge in [-0.1, -0.05) is 18.9 Å². The minimum Gasteiger partial charge on any atom is -0.373 e. The van der Waals surface area contributed by atoms with Crippen molar-refractivity contribution < 1.29 is 4.79 Å². The lowest BCUT2D eigenvalue weighted by molar-refractivity contribution is -0.124. The van der Waals surface area contributed by atoms with E-state index < -0.39 is 0 Å². The van der Waals surface area contributed by atoms with Crippen LogP contribution in [0.3, 0.4) is 0 Å². The number of carbonyl (C=O) groups excluding carboxylic acids is 1. The van der Waals surface area contributed by atoms with Crippen molar-refractivity contribution in [2.75, 3.05) is 18.9 Å².